The molecular formula is C30H29ClFN7O3. The molecule has 10 nitrogen and oxygen atoms in total. The predicted octanol–water partition coefficient (Wildman–Crippen LogP) is 5.02. The lowest BCUT2D eigenvalue weighted by Crippen LogP contribution is -2.58. The Balaban J connectivity index is 1.87. The van der Waals surface area contributed by atoms with Crippen LogP contribution in [0.3, 0.4) is 0 Å². The number of carbonyl (C=O) groups is 1. The lowest BCUT2D eigenvalue weighted by atomic mass is 10.1. The van der Waals surface area contributed by atoms with Crippen LogP contribution in [0.2, 0.25) is 5.02 Å². The Morgan fingerprint density at radius 3 is 2.50 bits per heavy atom. The third-order valence-corrected chi connectivity index (χ3v) is 7.71. The average molecular weight is 590 g/mol. The summed E-state index contributed by atoms with van der Waals surface area (Å²) in [6.45, 7) is 9.69. The van der Waals surface area contributed by atoms with Crippen molar-refractivity contribution in [3.05, 3.63) is 68.9 Å². The molecule has 216 valence electrons. The second kappa shape index (κ2) is 11.0. The highest BCUT2D eigenvalue weighted by atomic mass is 35.5. The summed E-state index contributed by atoms with van der Waals surface area (Å²) in [4.78, 5) is 47.3. The number of aryl methyl sites for hydroxylation is 1. The van der Waals surface area contributed by atoms with E-state index in [-0.39, 0.29) is 58.8 Å². The molecule has 0 saturated carbocycles. The first kappa shape index (κ1) is 29.0. The Kier molecular flexibility index (Phi) is 7.60. The number of rotatable bonds is 4. The second-order valence-corrected chi connectivity index (χ2v) is 11.1. The zero-order chi connectivity index (χ0) is 30.5. The van der Waals surface area contributed by atoms with E-state index in [4.69, 9.17) is 23.0 Å². The van der Waals surface area contributed by atoms with Gasteiger partial charge in [0, 0.05) is 30.7 Å². The summed E-state index contributed by atoms with van der Waals surface area (Å²) in [6, 6.07) is 7.02. The van der Waals surface area contributed by atoms with Crippen LogP contribution in [0.25, 0.3) is 28.0 Å². The molecule has 1 amide bonds. The van der Waals surface area contributed by atoms with Gasteiger partial charge in [-0.25, -0.2) is 33.5 Å². The smallest absolute Gasteiger partial charge is 0.407 e. The van der Waals surface area contributed by atoms with Gasteiger partial charge in [-0.05, 0) is 50.8 Å². The summed E-state index contributed by atoms with van der Waals surface area (Å²) in [6.07, 6.45) is 4.58. The first-order valence-corrected chi connectivity index (χ1v) is 13.8. The highest BCUT2D eigenvalue weighted by molar-refractivity contribution is 6.33. The number of hydrogen-bond donors (Lipinski definition) is 1. The molecule has 0 aliphatic carbocycles. The number of benzene rings is 1. The molecule has 4 aromatic rings. The molecule has 1 saturated heterocycles. The van der Waals surface area contributed by atoms with E-state index >= 15 is 0 Å². The molecule has 5 rings (SSSR count). The van der Waals surface area contributed by atoms with Gasteiger partial charge in [0.2, 0.25) is 5.82 Å². The molecule has 0 radical (unpaired) electrons. The first-order valence-electron chi connectivity index (χ1n) is 13.4. The number of carboxylic acid groups (broad SMARTS) is 1. The fourth-order valence-corrected chi connectivity index (χ4v) is 5.64. The van der Waals surface area contributed by atoms with Gasteiger partial charge in [-0.15, -0.1) is 6.42 Å². The normalized spacial score (nSPS) is 17.1. The van der Waals surface area contributed by atoms with Crippen LogP contribution in [0.4, 0.5) is 15.0 Å². The number of anilines is 1. The van der Waals surface area contributed by atoms with Crippen LogP contribution in [-0.2, 0) is 0 Å². The van der Waals surface area contributed by atoms with Crippen molar-refractivity contribution in [1.29, 1.82) is 0 Å². The number of amides is 1. The van der Waals surface area contributed by atoms with E-state index in [1.165, 1.54) is 15.5 Å². The molecule has 1 fully saturated rings. The van der Waals surface area contributed by atoms with Gasteiger partial charge in [0.25, 0.3) is 0 Å². The van der Waals surface area contributed by atoms with Gasteiger partial charge in [-0.2, -0.15) is 4.98 Å². The van der Waals surface area contributed by atoms with Crippen molar-refractivity contribution in [1.82, 2.24) is 29.4 Å². The zero-order valence-electron chi connectivity index (χ0n) is 23.8. The van der Waals surface area contributed by atoms with Gasteiger partial charge in [0.1, 0.15) is 11.6 Å². The number of fused-ring (bicyclic) bond motifs is 1. The van der Waals surface area contributed by atoms with Crippen molar-refractivity contribution >= 4 is 34.5 Å². The fraction of sp³-hybridized carbons (Fsp3) is 0.333. The van der Waals surface area contributed by atoms with Gasteiger partial charge in [-0.3, -0.25) is 0 Å². The molecule has 3 aromatic heterocycles. The van der Waals surface area contributed by atoms with E-state index in [1.54, 1.807) is 38.1 Å². The van der Waals surface area contributed by atoms with Crippen LogP contribution in [0.15, 0.2) is 35.1 Å². The number of piperazine rings is 1. The van der Waals surface area contributed by atoms with E-state index in [2.05, 4.69) is 20.9 Å². The lowest BCUT2D eigenvalue weighted by molar-refractivity contribution is 0.114. The number of hydrogen-bond acceptors (Lipinski definition) is 7. The van der Waals surface area contributed by atoms with E-state index in [0.717, 1.165) is 0 Å². The maximum absolute atomic E-state index is 15.0. The number of nitrogens with zero attached hydrogens (tertiary/aromatic N) is 7. The van der Waals surface area contributed by atoms with Crippen LogP contribution in [-0.4, -0.2) is 65.8 Å². The third-order valence-electron chi connectivity index (χ3n) is 7.42. The van der Waals surface area contributed by atoms with Gasteiger partial charge in [-0.1, -0.05) is 37.6 Å². The summed E-state index contributed by atoms with van der Waals surface area (Å²) < 4.78 is 16.3. The molecule has 42 heavy (non-hydrogen) atoms. The topological polar surface area (TPSA) is 117 Å². The minimum Gasteiger partial charge on any atom is -0.465 e. The second-order valence-electron chi connectivity index (χ2n) is 10.7. The zero-order valence-corrected chi connectivity index (χ0v) is 24.5. The Morgan fingerprint density at radius 1 is 1.14 bits per heavy atom. The van der Waals surface area contributed by atoms with Crippen molar-refractivity contribution < 1.29 is 14.3 Å². The Hall–Kier alpha value is -4.56. The summed E-state index contributed by atoms with van der Waals surface area (Å²) in [5.41, 5.74) is 1.18. The molecule has 4 heterocycles. The summed E-state index contributed by atoms with van der Waals surface area (Å²) in [5, 5.41) is 10.2. The number of terminal acetylenes is 1. The van der Waals surface area contributed by atoms with Crippen molar-refractivity contribution in [3.63, 3.8) is 0 Å². The molecule has 0 bridgehead atoms. The highest BCUT2D eigenvalue weighted by Crippen LogP contribution is 2.36. The monoisotopic (exact) mass is 589 g/mol. The maximum Gasteiger partial charge on any atom is 0.407 e. The molecule has 1 aliphatic rings. The van der Waals surface area contributed by atoms with E-state index < -0.39 is 17.6 Å². The van der Waals surface area contributed by atoms with Crippen LogP contribution < -0.4 is 10.6 Å². The Labute approximate surface area is 246 Å². The predicted molar refractivity (Wildman–Crippen MR) is 159 cm³/mol. The molecule has 1 aromatic carbocycles. The molecule has 2 atom stereocenters. The molecule has 12 heteroatoms. The minimum absolute atomic E-state index is 0.148. The number of pyridine rings is 1. The number of aromatic nitrogens is 5. The summed E-state index contributed by atoms with van der Waals surface area (Å²) >= 11 is 6.75. The van der Waals surface area contributed by atoms with E-state index in [9.17, 15) is 19.1 Å². The Morgan fingerprint density at radius 2 is 1.86 bits per heavy atom. The van der Waals surface area contributed by atoms with Crippen LogP contribution in [0.1, 0.15) is 50.8 Å². The van der Waals surface area contributed by atoms with E-state index in [1.807, 2.05) is 25.7 Å². The van der Waals surface area contributed by atoms with E-state index in [0.29, 0.717) is 28.3 Å². The quantitative estimate of drug-likeness (QED) is 0.330. The average Bonchev–Trinajstić information content (AvgIpc) is 2.94. The summed E-state index contributed by atoms with van der Waals surface area (Å²) in [5.74, 6) is 2.26. The highest BCUT2D eigenvalue weighted by Gasteiger charge is 2.35. The first-order chi connectivity index (χ1) is 19.9. The fourth-order valence-electron chi connectivity index (χ4n) is 5.39. The molecule has 0 unspecified atom stereocenters. The van der Waals surface area contributed by atoms with Gasteiger partial charge in [0.05, 0.1) is 33.2 Å². The SMILES string of the molecule is C#Cc1nc(C)c(-n2c(=O)nc(N3C[C@@H](C)N(C(=O)O)C[C@@H]3C)c3cc(Cl)c(-c4ccccc4F)nc32)c(C(C)C)n1. The summed E-state index contributed by atoms with van der Waals surface area (Å²) in [7, 11) is 0. The van der Waals surface area contributed by atoms with Crippen LogP contribution in [0.5, 0.6) is 0 Å². The van der Waals surface area contributed by atoms with Crippen molar-refractivity contribution in [2.24, 2.45) is 0 Å². The lowest BCUT2D eigenvalue weighted by Gasteiger charge is -2.43. The van der Waals surface area contributed by atoms with Crippen molar-refractivity contribution in [2.75, 3.05) is 18.0 Å². The van der Waals surface area contributed by atoms with Crippen LogP contribution >= 0.6 is 11.6 Å². The van der Waals surface area contributed by atoms with Crippen LogP contribution in [0, 0.1) is 25.1 Å². The van der Waals surface area contributed by atoms with Gasteiger partial charge in [0.15, 0.2) is 5.65 Å². The van der Waals surface area contributed by atoms with Gasteiger partial charge < -0.3 is 14.9 Å². The molecule has 1 aliphatic heterocycles. The third kappa shape index (κ3) is 4.92. The number of halogens is 2. The maximum atomic E-state index is 15.0. The van der Waals surface area contributed by atoms with Crippen molar-refractivity contribution in [2.45, 2.75) is 52.6 Å². The Bertz CT molecular complexity index is 1830. The minimum atomic E-state index is -1.02. The van der Waals surface area contributed by atoms with Gasteiger partial charge >= 0.3 is 11.8 Å². The molecule has 1 N–H and O–H groups in total. The molecule has 0 spiro atoms. The van der Waals surface area contributed by atoms with Crippen molar-refractivity contribution in [3.8, 4) is 29.3 Å². The standard InChI is InChI=1S/C30H29ClFN7O3/c1-7-23-33-18(6)26(24(34-23)15(2)3)39-28-20(12-21(31)25(35-28)19-10-8-9-11-22(19)32)27(36-29(39)40)37-13-17(5)38(30(41)42)14-16(37)4/h1,8-12,15-17H,13-14H2,2-6H3,(H,41,42)/t16-,17+/m0/s1. The largest absolute Gasteiger partial charge is 0.465 e. The molecular weight excluding hydrogens is 561 g/mol.